The van der Waals surface area contributed by atoms with E-state index in [1.54, 1.807) is 13.3 Å². The summed E-state index contributed by atoms with van der Waals surface area (Å²) >= 11 is 0. The number of para-hydroxylation sites is 1. The molecule has 6 nitrogen and oxygen atoms in total. The summed E-state index contributed by atoms with van der Waals surface area (Å²) in [6, 6.07) is 20.7. The SMILES string of the molecule is CN=C(NCc1ccccc1CN(C)Cc1ccco1)NCC1Cc2ccccc2O1.I. The second-order valence-electron chi connectivity index (χ2n) is 7.88. The predicted molar refractivity (Wildman–Crippen MR) is 138 cm³/mol. The highest BCUT2D eigenvalue weighted by Crippen LogP contribution is 2.27. The van der Waals surface area contributed by atoms with Crippen LogP contribution in [0.25, 0.3) is 0 Å². The number of aliphatic imine (C=N–C) groups is 1. The maximum absolute atomic E-state index is 6.01. The molecule has 170 valence electrons. The summed E-state index contributed by atoms with van der Waals surface area (Å²) in [7, 11) is 3.90. The Labute approximate surface area is 207 Å². The zero-order chi connectivity index (χ0) is 21.5. The van der Waals surface area contributed by atoms with Crippen molar-refractivity contribution >= 4 is 29.9 Å². The number of nitrogens with one attached hydrogen (secondary N) is 2. The standard InChI is InChI=1S/C25H30N4O2.HI/c1-26-25(28-16-23-14-19-8-5-6-12-24(19)31-23)27-15-20-9-3-4-10-21(20)17-29(2)18-22-11-7-13-30-22;/h3-13,23H,14-18H2,1-2H3,(H2,26,27,28);1H. The molecule has 0 fully saturated rings. The number of benzene rings is 2. The molecule has 2 heterocycles. The minimum atomic E-state index is 0. The Balaban J connectivity index is 0.00000289. The Bertz CT molecular complexity index is 982. The first-order valence-electron chi connectivity index (χ1n) is 10.7. The third kappa shape index (κ3) is 6.49. The molecule has 2 N–H and O–H groups in total. The number of guanidine groups is 1. The third-order valence-electron chi connectivity index (χ3n) is 5.45. The molecule has 0 bridgehead atoms. The molecule has 0 saturated heterocycles. The van der Waals surface area contributed by atoms with Crippen molar-refractivity contribution in [3.8, 4) is 5.75 Å². The van der Waals surface area contributed by atoms with Gasteiger partial charge in [0, 0.05) is 26.6 Å². The molecule has 0 amide bonds. The summed E-state index contributed by atoms with van der Waals surface area (Å²) in [4.78, 5) is 6.62. The summed E-state index contributed by atoms with van der Waals surface area (Å²) in [6.07, 6.45) is 2.76. The second kappa shape index (κ2) is 11.9. The van der Waals surface area contributed by atoms with E-state index in [9.17, 15) is 0 Å². The normalized spacial score (nSPS) is 15.1. The van der Waals surface area contributed by atoms with Gasteiger partial charge in [0.25, 0.3) is 0 Å². The lowest BCUT2D eigenvalue weighted by atomic mass is 10.1. The van der Waals surface area contributed by atoms with Crippen molar-refractivity contribution in [1.29, 1.82) is 0 Å². The average molecular weight is 546 g/mol. The van der Waals surface area contributed by atoms with Crippen LogP contribution < -0.4 is 15.4 Å². The van der Waals surface area contributed by atoms with Gasteiger partial charge in [-0.15, -0.1) is 24.0 Å². The zero-order valence-corrected chi connectivity index (χ0v) is 20.9. The molecular weight excluding hydrogens is 515 g/mol. The van der Waals surface area contributed by atoms with E-state index in [-0.39, 0.29) is 30.1 Å². The minimum absolute atomic E-state index is 0. The van der Waals surface area contributed by atoms with Gasteiger partial charge in [-0.2, -0.15) is 0 Å². The molecular formula is C25H31IN4O2. The second-order valence-corrected chi connectivity index (χ2v) is 7.88. The summed E-state index contributed by atoms with van der Waals surface area (Å²) in [5.74, 6) is 2.74. The van der Waals surface area contributed by atoms with Gasteiger partial charge in [-0.3, -0.25) is 9.89 Å². The Morgan fingerprint density at radius 1 is 1.00 bits per heavy atom. The van der Waals surface area contributed by atoms with Crippen LogP contribution in [0, 0.1) is 0 Å². The van der Waals surface area contributed by atoms with Crippen LogP contribution in [-0.4, -0.2) is 37.6 Å². The monoisotopic (exact) mass is 546 g/mol. The fraction of sp³-hybridized carbons (Fsp3) is 0.320. The molecule has 0 saturated carbocycles. The Hall–Kier alpha value is -2.52. The Morgan fingerprint density at radius 2 is 1.78 bits per heavy atom. The number of halogens is 1. The summed E-state index contributed by atoms with van der Waals surface area (Å²) in [6.45, 7) is 3.04. The van der Waals surface area contributed by atoms with Crippen molar-refractivity contribution in [2.24, 2.45) is 4.99 Å². The van der Waals surface area contributed by atoms with E-state index in [1.807, 2.05) is 24.3 Å². The van der Waals surface area contributed by atoms with Crippen LogP contribution in [0.3, 0.4) is 0 Å². The first-order chi connectivity index (χ1) is 15.2. The number of furan rings is 1. The van der Waals surface area contributed by atoms with Crippen LogP contribution in [-0.2, 0) is 26.1 Å². The highest BCUT2D eigenvalue weighted by atomic mass is 127. The van der Waals surface area contributed by atoms with E-state index in [0.29, 0.717) is 13.1 Å². The molecule has 0 spiro atoms. The fourth-order valence-corrected chi connectivity index (χ4v) is 3.88. The lowest BCUT2D eigenvalue weighted by molar-refractivity contribution is 0.235. The average Bonchev–Trinajstić information content (AvgIpc) is 3.44. The molecule has 1 atom stereocenters. The maximum Gasteiger partial charge on any atom is 0.191 e. The first-order valence-corrected chi connectivity index (χ1v) is 10.7. The number of fused-ring (bicyclic) bond motifs is 1. The Morgan fingerprint density at radius 3 is 2.53 bits per heavy atom. The van der Waals surface area contributed by atoms with Gasteiger partial charge >= 0.3 is 0 Å². The van der Waals surface area contributed by atoms with Gasteiger partial charge in [0.15, 0.2) is 5.96 Å². The lowest BCUT2D eigenvalue weighted by Crippen LogP contribution is -2.42. The fourth-order valence-electron chi connectivity index (χ4n) is 3.88. The molecule has 3 aromatic rings. The summed E-state index contributed by atoms with van der Waals surface area (Å²) in [5.41, 5.74) is 3.81. The third-order valence-corrected chi connectivity index (χ3v) is 5.45. The number of rotatable bonds is 8. The van der Waals surface area contributed by atoms with E-state index in [0.717, 1.165) is 37.0 Å². The van der Waals surface area contributed by atoms with Gasteiger partial charge in [-0.1, -0.05) is 42.5 Å². The molecule has 32 heavy (non-hydrogen) atoms. The molecule has 1 unspecified atom stereocenters. The summed E-state index contributed by atoms with van der Waals surface area (Å²) in [5, 5.41) is 6.83. The van der Waals surface area contributed by atoms with Crippen molar-refractivity contribution in [3.63, 3.8) is 0 Å². The van der Waals surface area contributed by atoms with Crippen LogP contribution in [0.1, 0.15) is 22.5 Å². The molecule has 7 heteroatoms. The zero-order valence-electron chi connectivity index (χ0n) is 18.6. The molecule has 2 aromatic carbocycles. The summed E-state index contributed by atoms with van der Waals surface area (Å²) < 4.78 is 11.5. The molecule has 1 aliphatic heterocycles. The highest BCUT2D eigenvalue weighted by molar-refractivity contribution is 14.0. The van der Waals surface area contributed by atoms with E-state index in [4.69, 9.17) is 9.15 Å². The van der Waals surface area contributed by atoms with Crippen LogP contribution in [0.4, 0.5) is 0 Å². The largest absolute Gasteiger partial charge is 0.488 e. The maximum atomic E-state index is 6.01. The van der Waals surface area contributed by atoms with Crippen molar-refractivity contribution in [2.75, 3.05) is 20.6 Å². The van der Waals surface area contributed by atoms with Gasteiger partial charge < -0.3 is 19.8 Å². The molecule has 4 rings (SSSR count). The van der Waals surface area contributed by atoms with Crippen molar-refractivity contribution in [3.05, 3.63) is 89.4 Å². The van der Waals surface area contributed by atoms with Gasteiger partial charge in [-0.05, 0) is 41.9 Å². The van der Waals surface area contributed by atoms with Crippen LogP contribution in [0.2, 0.25) is 0 Å². The number of nitrogens with zero attached hydrogens (tertiary/aromatic N) is 2. The number of ether oxygens (including phenoxy) is 1. The lowest BCUT2D eigenvalue weighted by Gasteiger charge is -2.19. The van der Waals surface area contributed by atoms with Crippen molar-refractivity contribution in [2.45, 2.75) is 32.2 Å². The predicted octanol–water partition coefficient (Wildman–Crippen LogP) is 4.20. The molecule has 0 radical (unpaired) electrons. The molecule has 1 aliphatic rings. The van der Waals surface area contributed by atoms with Crippen LogP contribution >= 0.6 is 24.0 Å². The van der Waals surface area contributed by atoms with Gasteiger partial charge in [-0.25, -0.2) is 0 Å². The number of hydrogen-bond donors (Lipinski definition) is 2. The van der Waals surface area contributed by atoms with Gasteiger partial charge in [0.05, 0.1) is 19.4 Å². The molecule has 1 aromatic heterocycles. The van der Waals surface area contributed by atoms with Crippen molar-refractivity contribution in [1.82, 2.24) is 15.5 Å². The van der Waals surface area contributed by atoms with E-state index in [2.05, 4.69) is 64.0 Å². The molecule has 0 aliphatic carbocycles. The quantitative estimate of drug-likeness (QED) is 0.252. The topological polar surface area (TPSA) is 62.0 Å². The van der Waals surface area contributed by atoms with E-state index in [1.165, 1.54) is 16.7 Å². The Kier molecular flexibility index (Phi) is 8.99. The smallest absolute Gasteiger partial charge is 0.191 e. The number of hydrogen-bond acceptors (Lipinski definition) is 4. The van der Waals surface area contributed by atoms with Crippen LogP contribution in [0.5, 0.6) is 5.75 Å². The van der Waals surface area contributed by atoms with Gasteiger partial charge in [0.1, 0.15) is 17.6 Å². The van der Waals surface area contributed by atoms with Crippen molar-refractivity contribution < 1.29 is 9.15 Å². The van der Waals surface area contributed by atoms with E-state index < -0.39 is 0 Å². The minimum Gasteiger partial charge on any atom is -0.488 e. The first kappa shape index (κ1) is 24.1. The highest BCUT2D eigenvalue weighted by Gasteiger charge is 2.22. The van der Waals surface area contributed by atoms with Crippen LogP contribution in [0.15, 0.2) is 76.3 Å². The van der Waals surface area contributed by atoms with Gasteiger partial charge in [0.2, 0.25) is 0 Å². The van der Waals surface area contributed by atoms with E-state index >= 15 is 0 Å².